The molecule has 1 fully saturated rings. The largest absolute Gasteiger partial charge is 0.396 e. The standard InChI is InChI=1S/C11H19N3O3S3/c15-3-1-2-14-8-11(7-12-14)20(16,17)13-6-10-9-18-4-5-19-10/h7-8,10,13,15H,1-6,9H2. The summed E-state index contributed by atoms with van der Waals surface area (Å²) in [5.41, 5.74) is 0. The number of nitrogens with one attached hydrogen (secondary N) is 1. The van der Waals surface area contributed by atoms with Crippen LogP contribution in [0.4, 0.5) is 0 Å². The van der Waals surface area contributed by atoms with Crippen molar-refractivity contribution in [2.24, 2.45) is 0 Å². The number of rotatable bonds is 7. The van der Waals surface area contributed by atoms with Crippen LogP contribution in [0.25, 0.3) is 0 Å². The SMILES string of the molecule is O=S(=O)(NCC1CSCCS1)c1cnn(CCCO)c1. The van der Waals surface area contributed by atoms with Crippen LogP contribution >= 0.6 is 23.5 Å². The normalized spacial score (nSPS) is 20.1. The van der Waals surface area contributed by atoms with E-state index in [2.05, 4.69) is 9.82 Å². The summed E-state index contributed by atoms with van der Waals surface area (Å²) in [6.07, 6.45) is 3.41. The molecule has 1 saturated heterocycles. The minimum Gasteiger partial charge on any atom is -0.396 e. The Bertz CT molecular complexity index is 512. The molecule has 9 heteroatoms. The molecule has 0 amide bonds. The molecule has 1 aliphatic heterocycles. The number of aromatic nitrogens is 2. The van der Waals surface area contributed by atoms with Gasteiger partial charge in [-0.15, -0.1) is 0 Å². The lowest BCUT2D eigenvalue weighted by atomic mass is 10.5. The van der Waals surface area contributed by atoms with Crippen molar-refractivity contribution in [3.05, 3.63) is 12.4 Å². The van der Waals surface area contributed by atoms with Crippen LogP contribution in [0.15, 0.2) is 17.3 Å². The molecule has 1 aliphatic rings. The summed E-state index contributed by atoms with van der Waals surface area (Å²) < 4.78 is 28.5. The Morgan fingerprint density at radius 1 is 1.50 bits per heavy atom. The smallest absolute Gasteiger partial charge is 0.243 e. The van der Waals surface area contributed by atoms with Gasteiger partial charge in [-0.05, 0) is 6.42 Å². The van der Waals surface area contributed by atoms with Gasteiger partial charge in [0.05, 0.1) is 6.20 Å². The molecule has 114 valence electrons. The van der Waals surface area contributed by atoms with E-state index in [0.717, 1.165) is 17.3 Å². The molecule has 6 nitrogen and oxygen atoms in total. The van der Waals surface area contributed by atoms with Crippen molar-refractivity contribution in [1.29, 1.82) is 0 Å². The van der Waals surface area contributed by atoms with Crippen molar-refractivity contribution in [2.45, 2.75) is 23.1 Å². The summed E-state index contributed by atoms with van der Waals surface area (Å²) in [5.74, 6) is 3.21. The summed E-state index contributed by atoms with van der Waals surface area (Å²) >= 11 is 3.69. The Labute approximate surface area is 127 Å². The van der Waals surface area contributed by atoms with Gasteiger partial charge in [0.2, 0.25) is 10.0 Å². The quantitative estimate of drug-likeness (QED) is 0.749. The second-order valence-corrected chi connectivity index (χ2v) is 8.76. The molecule has 2 heterocycles. The monoisotopic (exact) mass is 337 g/mol. The molecule has 0 aromatic carbocycles. The molecular weight excluding hydrogens is 318 g/mol. The van der Waals surface area contributed by atoms with Gasteiger partial charge < -0.3 is 5.11 Å². The van der Waals surface area contributed by atoms with Gasteiger partial charge in [-0.3, -0.25) is 4.68 Å². The van der Waals surface area contributed by atoms with Gasteiger partial charge in [0, 0.05) is 48.4 Å². The minimum atomic E-state index is -3.48. The predicted molar refractivity (Wildman–Crippen MR) is 82.7 cm³/mol. The number of hydrogen-bond acceptors (Lipinski definition) is 6. The van der Waals surface area contributed by atoms with Crippen molar-refractivity contribution in [2.75, 3.05) is 30.4 Å². The third-order valence-electron chi connectivity index (χ3n) is 2.85. The first kappa shape index (κ1) is 16.2. The Morgan fingerprint density at radius 2 is 2.35 bits per heavy atom. The lowest BCUT2D eigenvalue weighted by molar-refractivity contribution is 0.277. The Kier molecular flexibility index (Phi) is 6.21. The van der Waals surface area contributed by atoms with Crippen molar-refractivity contribution in [3.63, 3.8) is 0 Å². The maximum atomic E-state index is 12.1. The third kappa shape index (κ3) is 4.66. The van der Waals surface area contributed by atoms with E-state index in [4.69, 9.17) is 5.11 Å². The van der Waals surface area contributed by atoms with Crippen LogP contribution < -0.4 is 4.72 Å². The lowest BCUT2D eigenvalue weighted by Crippen LogP contribution is -2.33. The molecule has 1 aromatic rings. The van der Waals surface area contributed by atoms with E-state index in [1.807, 2.05) is 23.5 Å². The van der Waals surface area contributed by atoms with Crippen LogP contribution in [-0.2, 0) is 16.6 Å². The highest BCUT2D eigenvalue weighted by Gasteiger charge is 2.20. The van der Waals surface area contributed by atoms with Gasteiger partial charge in [-0.25, -0.2) is 13.1 Å². The van der Waals surface area contributed by atoms with E-state index in [0.29, 0.717) is 24.8 Å². The molecule has 1 unspecified atom stereocenters. The second-order valence-electron chi connectivity index (χ2n) is 4.44. The summed E-state index contributed by atoms with van der Waals surface area (Å²) in [7, 11) is -3.48. The van der Waals surface area contributed by atoms with Gasteiger partial charge >= 0.3 is 0 Å². The Morgan fingerprint density at radius 3 is 3.05 bits per heavy atom. The number of thioether (sulfide) groups is 2. The average molecular weight is 337 g/mol. The average Bonchev–Trinajstić information content (AvgIpc) is 2.94. The van der Waals surface area contributed by atoms with E-state index in [1.54, 1.807) is 0 Å². The first-order chi connectivity index (χ1) is 9.62. The molecule has 2 rings (SSSR count). The zero-order valence-electron chi connectivity index (χ0n) is 11.1. The van der Waals surface area contributed by atoms with Gasteiger partial charge in [-0.1, -0.05) is 0 Å². The van der Waals surface area contributed by atoms with Gasteiger partial charge in [0.25, 0.3) is 0 Å². The molecule has 1 atom stereocenters. The van der Waals surface area contributed by atoms with E-state index in [1.165, 1.54) is 17.1 Å². The summed E-state index contributed by atoms with van der Waals surface area (Å²) in [6, 6.07) is 0. The van der Waals surface area contributed by atoms with Crippen LogP contribution in [0.1, 0.15) is 6.42 Å². The summed E-state index contributed by atoms with van der Waals surface area (Å²) in [5, 5.41) is 13.1. The zero-order chi connectivity index (χ0) is 14.4. The number of aliphatic hydroxyl groups is 1. The van der Waals surface area contributed by atoms with Crippen LogP contribution in [0.3, 0.4) is 0 Å². The van der Waals surface area contributed by atoms with Crippen LogP contribution in [-0.4, -0.2) is 59.0 Å². The number of hydrogen-bond donors (Lipinski definition) is 2. The molecule has 0 radical (unpaired) electrons. The molecule has 0 aliphatic carbocycles. The fraction of sp³-hybridized carbons (Fsp3) is 0.727. The molecule has 0 saturated carbocycles. The topological polar surface area (TPSA) is 84.2 Å². The number of sulfonamides is 1. The van der Waals surface area contributed by atoms with Crippen molar-refractivity contribution in [3.8, 4) is 0 Å². The maximum Gasteiger partial charge on any atom is 0.243 e. The van der Waals surface area contributed by atoms with Crippen molar-refractivity contribution in [1.82, 2.24) is 14.5 Å². The fourth-order valence-corrected chi connectivity index (χ4v) is 5.53. The van der Waals surface area contributed by atoms with Gasteiger partial charge in [0.1, 0.15) is 4.90 Å². The van der Waals surface area contributed by atoms with Crippen LogP contribution in [0.2, 0.25) is 0 Å². The number of aliphatic hydroxyl groups excluding tert-OH is 1. The van der Waals surface area contributed by atoms with Crippen molar-refractivity contribution < 1.29 is 13.5 Å². The highest BCUT2D eigenvalue weighted by atomic mass is 32.2. The fourth-order valence-electron chi connectivity index (χ4n) is 1.78. The molecule has 2 N–H and O–H groups in total. The zero-order valence-corrected chi connectivity index (χ0v) is 13.5. The van der Waals surface area contributed by atoms with E-state index in [9.17, 15) is 8.42 Å². The highest BCUT2D eigenvalue weighted by molar-refractivity contribution is 8.06. The van der Waals surface area contributed by atoms with E-state index in [-0.39, 0.29) is 11.5 Å². The molecule has 1 aromatic heterocycles. The van der Waals surface area contributed by atoms with Crippen LogP contribution in [0, 0.1) is 0 Å². The van der Waals surface area contributed by atoms with Crippen molar-refractivity contribution >= 4 is 33.5 Å². The van der Waals surface area contributed by atoms with Gasteiger partial charge in [0.15, 0.2) is 0 Å². The number of nitrogens with zero attached hydrogens (tertiary/aromatic N) is 2. The Hall–Kier alpha value is -0.220. The lowest BCUT2D eigenvalue weighted by Gasteiger charge is -2.20. The molecule has 0 bridgehead atoms. The van der Waals surface area contributed by atoms with E-state index < -0.39 is 10.0 Å². The summed E-state index contributed by atoms with van der Waals surface area (Å²) in [4.78, 5) is 0.184. The first-order valence-electron chi connectivity index (χ1n) is 6.44. The van der Waals surface area contributed by atoms with E-state index >= 15 is 0 Å². The minimum absolute atomic E-state index is 0.0662. The number of aryl methyl sites for hydroxylation is 1. The van der Waals surface area contributed by atoms with Gasteiger partial charge in [-0.2, -0.15) is 28.6 Å². The third-order valence-corrected chi connectivity index (χ3v) is 7.07. The molecule has 20 heavy (non-hydrogen) atoms. The highest BCUT2D eigenvalue weighted by Crippen LogP contribution is 2.23. The van der Waals surface area contributed by atoms with Crippen LogP contribution in [0.5, 0.6) is 0 Å². The molecular formula is C11H19N3O3S3. The predicted octanol–water partition coefficient (Wildman–Crippen LogP) is 0.392. The maximum absolute atomic E-state index is 12.1. The summed E-state index contributed by atoms with van der Waals surface area (Å²) in [6.45, 7) is 1.04. The Balaban J connectivity index is 1.90. The molecule has 0 spiro atoms. The first-order valence-corrected chi connectivity index (χ1v) is 10.1. The second kappa shape index (κ2) is 7.69.